The van der Waals surface area contributed by atoms with Crippen LogP contribution in [-0.2, 0) is 0 Å². The van der Waals surface area contributed by atoms with E-state index in [1.165, 1.54) is 6.07 Å². The molecule has 1 heterocycles. The summed E-state index contributed by atoms with van der Waals surface area (Å²) in [7, 11) is 0. The molecule has 0 unspecified atom stereocenters. The van der Waals surface area contributed by atoms with Crippen LogP contribution in [0.5, 0.6) is 0 Å². The molecule has 0 N–H and O–H groups in total. The smallest absolute Gasteiger partial charge is 0.141 e. The Hall–Kier alpha value is -1.93. The highest BCUT2D eigenvalue weighted by Crippen LogP contribution is 2.27. The molecule has 18 heavy (non-hydrogen) atoms. The summed E-state index contributed by atoms with van der Waals surface area (Å²) >= 11 is 5.79. The molecule has 0 amide bonds. The van der Waals surface area contributed by atoms with Crippen LogP contribution >= 0.6 is 11.6 Å². The molecule has 3 heteroatoms. The van der Waals surface area contributed by atoms with Crippen molar-refractivity contribution in [2.75, 3.05) is 0 Å². The van der Waals surface area contributed by atoms with E-state index in [1.54, 1.807) is 18.2 Å². The molecule has 0 aliphatic carbocycles. The fourth-order valence-electron chi connectivity index (χ4n) is 1.88. The predicted octanol–water partition coefficient (Wildman–Crippen LogP) is 4.69. The number of rotatable bonds is 1. The molecule has 0 saturated heterocycles. The summed E-state index contributed by atoms with van der Waals surface area (Å²) < 4.78 is 20.6. The first-order valence-corrected chi connectivity index (χ1v) is 5.84. The average Bonchev–Trinajstić information content (AvgIpc) is 2.41. The van der Waals surface area contributed by atoms with Gasteiger partial charge in [-0.2, -0.15) is 0 Å². The summed E-state index contributed by atoms with van der Waals surface area (Å²) in [4.78, 5) is 4.12. The third-order valence-electron chi connectivity index (χ3n) is 2.80. The molecule has 0 fully saturated rings. The van der Waals surface area contributed by atoms with E-state index in [9.17, 15) is 4.39 Å². The number of hydrogen-bond donors (Lipinski definition) is 0. The molecule has 3 aromatic rings. The first kappa shape index (κ1) is 10.0. The fraction of sp³-hybridized carbons (Fsp3) is 0. The minimum absolute atomic E-state index is 0.109. The zero-order valence-corrected chi connectivity index (χ0v) is 10.1. The third kappa shape index (κ3) is 1.95. The molecular formula is C15H9ClFN. The minimum Gasteiger partial charge on any atom is -0.256 e. The standard InChI is InChI=1S/C15H9ClFN/c16-13-9-11(3-5-14(13)17)10-4-6-15-12(8-10)2-1-7-18-15/h1-9H/i7D. The highest BCUT2D eigenvalue weighted by Gasteiger charge is 2.04. The second-order valence-corrected chi connectivity index (χ2v) is 4.38. The van der Waals surface area contributed by atoms with Gasteiger partial charge in [0, 0.05) is 11.6 Å². The van der Waals surface area contributed by atoms with Crippen LogP contribution in [0.1, 0.15) is 1.37 Å². The van der Waals surface area contributed by atoms with Gasteiger partial charge < -0.3 is 0 Å². The lowest BCUT2D eigenvalue weighted by Gasteiger charge is -2.04. The van der Waals surface area contributed by atoms with Gasteiger partial charge in [0.2, 0.25) is 0 Å². The Balaban J connectivity index is 2.14. The zero-order chi connectivity index (χ0) is 13.4. The summed E-state index contributed by atoms with van der Waals surface area (Å²) in [5, 5.41) is 1.05. The third-order valence-corrected chi connectivity index (χ3v) is 3.09. The Kier molecular flexibility index (Phi) is 2.45. The number of fused-ring (bicyclic) bond motifs is 1. The van der Waals surface area contributed by atoms with Gasteiger partial charge in [0.05, 0.1) is 11.9 Å². The molecule has 0 bridgehead atoms. The van der Waals surface area contributed by atoms with Crippen molar-refractivity contribution in [1.82, 2.24) is 4.98 Å². The van der Waals surface area contributed by atoms with Crippen LogP contribution in [0.4, 0.5) is 4.39 Å². The molecule has 2 aromatic carbocycles. The Morgan fingerprint density at radius 3 is 2.67 bits per heavy atom. The molecule has 0 aliphatic heterocycles. The number of hydrogen-bond acceptors (Lipinski definition) is 1. The lowest BCUT2D eigenvalue weighted by atomic mass is 10.0. The zero-order valence-electron chi connectivity index (χ0n) is 10.3. The monoisotopic (exact) mass is 258 g/mol. The van der Waals surface area contributed by atoms with Crippen molar-refractivity contribution in [3.8, 4) is 11.1 Å². The Labute approximate surface area is 110 Å². The summed E-state index contributed by atoms with van der Waals surface area (Å²) in [6.07, 6.45) is 0.241. The van der Waals surface area contributed by atoms with Gasteiger partial charge in [-0.3, -0.25) is 4.98 Å². The number of aromatic nitrogens is 1. The van der Waals surface area contributed by atoms with Gasteiger partial charge in [-0.25, -0.2) is 4.39 Å². The number of benzene rings is 2. The van der Waals surface area contributed by atoms with E-state index in [0.29, 0.717) is 0 Å². The predicted molar refractivity (Wildman–Crippen MR) is 72.1 cm³/mol. The quantitative estimate of drug-likeness (QED) is 0.617. The van der Waals surface area contributed by atoms with E-state index < -0.39 is 5.82 Å². The first-order valence-electron chi connectivity index (χ1n) is 5.96. The van der Waals surface area contributed by atoms with E-state index in [0.717, 1.165) is 22.0 Å². The van der Waals surface area contributed by atoms with Crippen molar-refractivity contribution >= 4 is 22.5 Å². The molecule has 0 radical (unpaired) electrons. The lowest BCUT2D eigenvalue weighted by Crippen LogP contribution is -1.83. The molecule has 88 valence electrons. The number of pyridine rings is 1. The van der Waals surface area contributed by atoms with Gasteiger partial charge in [0.25, 0.3) is 0 Å². The molecule has 1 aromatic heterocycles. The molecule has 0 saturated carbocycles. The van der Waals surface area contributed by atoms with Crippen LogP contribution in [0.25, 0.3) is 22.0 Å². The second-order valence-electron chi connectivity index (χ2n) is 3.98. The Bertz CT molecular complexity index is 773. The lowest BCUT2D eigenvalue weighted by molar-refractivity contribution is 0.628. The summed E-state index contributed by atoms with van der Waals surface area (Å²) in [5.74, 6) is -0.424. The highest BCUT2D eigenvalue weighted by atomic mass is 35.5. The van der Waals surface area contributed by atoms with Crippen molar-refractivity contribution in [2.45, 2.75) is 0 Å². The van der Waals surface area contributed by atoms with Crippen molar-refractivity contribution < 1.29 is 5.76 Å². The van der Waals surface area contributed by atoms with E-state index in [4.69, 9.17) is 13.0 Å². The van der Waals surface area contributed by atoms with Crippen molar-refractivity contribution in [3.05, 3.63) is 65.5 Å². The molecule has 0 spiro atoms. The van der Waals surface area contributed by atoms with E-state index in [2.05, 4.69) is 4.98 Å². The molecule has 3 rings (SSSR count). The highest BCUT2D eigenvalue weighted by molar-refractivity contribution is 6.31. The van der Waals surface area contributed by atoms with Gasteiger partial charge in [0.15, 0.2) is 0 Å². The van der Waals surface area contributed by atoms with Crippen LogP contribution in [0.15, 0.2) is 54.7 Å². The molecule has 1 nitrogen and oxygen atoms in total. The van der Waals surface area contributed by atoms with Gasteiger partial charge in [-0.15, -0.1) is 0 Å². The SMILES string of the molecule is [2H]c1ccc2cc(-c3ccc(F)c(Cl)c3)ccc2n1. The first-order chi connectivity index (χ1) is 9.13. The van der Waals surface area contributed by atoms with E-state index >= 15 is 0 Å². The van der Waals surface area contributed by atoms with Crippen LogP contribution < -0.4 is 0 Å². The summed E-state index contributed by atoms with van der Waals surface area (Å²) in [5.41, 5.74) is 2.56. The largest absolute Gasteiger partial charge is 0.256 e. The van der Waals surface area contributed by atoms with E-state index in [-0.39, 0.29) is 11.2 Å². The maximum Gasteiger partial charge on any atom is 0.141 e. The second kappa shape index (κ2) is 4.39. The maximum atomic E-state index is 13.1. The number of halogens is 2. The molecular weight excluding hydrogens is 249 g/mol. The fourth-order valence-corrected chi connectivity index (χ4v) is 2.06. The van der Waals surface area contributed by atoms with Crippen LogP contribution in [0.2, 0.25) is 5.02 Å². The van der Waals surface area contributed by atoms with Gasteiger partial charge in [0.1, 0.15) is 5.82 Å². The topological polar surface area (TPSA) is 12.9 Å². The average molecular weight is 259 g/mol. The maximum absolute atomic E-state index is 13.1. The van der Waals surface area contributed by atoms with Crippen LogP contribution in [0, 0.1) is 5.82 Å². The van der Waals surface area contributed by atoms with Gasteiger partial charge >= 0.3 is 0 Å². The normalized spacial score (nSPS) is 11.6. The van der Waals surface area contributed by atoms with Crippen LogP contribution in [-0.4, -0.2) is 4.98 Å². The minimum atomic E-state index is -0.424. The van der Waals surface area contributed by atoms with Crippen LogP contribution in [0.3, 0.4) is 0 Å². The van der Waals surface area contributed by atoms with Gasteiger partial charge in [-0.05, 0) is 41.5 Å². The Morgan fingerprint density at radius 1 is 1.06 bits per heavy atom. The summed E-state index contributed by atoms with van der Waals surface area (Å²) in [6, 6.07) is 13.8. The number of nitrogens with zero attached hydrogens (tertiary/aromatic N) is 1. The van der Waals surface area contributed by atoms with Crippen molar-refractivity contribution in [1.29, 1.82) is 0 Å². The van der Waals surface area contributed by atoms with Gasteiger partial charge in [-0.1, -0.05) is 29.8 Å². The molecule has 0 aliphatic rings. The summed E-state index contributed by atoms with van der Waals surface area (Å²) in [6.45, 7) is 0. The van der Waals surface area contributed by atoms with E-state index in [1.807, 2.05) is 24.3 Å². The van der Waals surface area contributed by atoms with Crippen molar-refractivity contribution in [2.24, 2.45) is 0 Å². The molecule has 0 atom stereocenters. The Morgan fingerprint density at radius 2 is 1.83 bits per heavy atom. The van der Waals surface area contributed by atoms with Crippen molar-refractivity contribution in [3.63, 3.8) is 0 Å².